The van der Waals surface area contributed by atoms with E-state index in [1.807, 2.05) is 7.05 Å². The van der Waals surface area contributed by atoms with Crippen LogP contribution in [0.1, 0.15) is 17.1 Å². The third-order valence-electron chi connectivity index (χ3n) is 3.44. The van der Waals surface area contributed by atoms with Crippen LogP contribution in [0.15, 0.2) is 5.38 Å². The molecule has 1 N–H and O–H groups in total. The molecule has 5 heteroatoms. The van der Waals surface area contributed by atoms with Crippen LogP contribution in [-0.2, 0) is 11.3 Å². The second-order valence-corrected chi connectivity index (χ2v) is 6.43. The number of rotatable bonds is 6. The van der Waals surface area contributed by atoms with E-state index in [0.29, 0.717) is 0 Å². The molecule has 2 heterocycles. The summed E-state index contributed by atoms with van der Waals surface area (Å²) >= 11 is 1.72. The summed E-state index contributed by atoms with van der Waals surface area (Å²) in [6, 6.07) is 0. The van der Waals surface area contributed by atoms with Gasteiger partial charge in [-0.3, -0.25) is 4.90 Å². The zero-order valence-electron chi connectivity index (χ0n) is 11.5. The van der Waals surface area contributed by atoms with Gasteiger partial charge in [0.1, 0.15) is 0 Å². The molecule has 1 aliphatic heterocycles. The predicted molar refractivity (Wildman–Crippen MR) is 75.0 cm³/mol. The van der Waals surface area contributed by atoms with Gasteiger partial charge >= 0.3 is 0 Å². The van der Waals surface area contributed by atoms with Gasteiger partial charge in [-0.25, -0.2) is 4.98 Å². The third kappa shape index (κ3) is 3.51. The first kappa shape index (κ1) is 13.9. The van der Waals surface area contributed by atoms with Gasteiger partial charge in [0, 0.05) is 37.0 Å². The Morgan fingerprint density at radius 3 is 3.00 bits per heavy atom. The highest BCUT2D eigenvalue weighted by molar-refractivity contribution is 7.09. The van der Waals surface area contributed by atoms with Crippen molar-refractivity contribution >= 4 is 11.3 Å². The van der Waals surface area contributed by atoms with Gasteiger partial charge in [0.2, 0.25) is 0 Å². The minimum absolute atomic E-state index is 0.272. The Morgan fingerprint density at radius 2 is 2.44 bits per heavy atom. The minimum Gasteiger partial charge on any atom is -0.381 e. The average Bonchev–Trinajstić information content (AvgIpc) is 2.89. The summed E-state index contributed by atoms with van der Waals surface area (Å²) in [5.74, 6) is 0. The number of nitrogens with zero attached hydrogens (tertiary/aromatic N) is 2. The SMILES string of the molecule is CNCC1(CN(C)Cc2csc(C)n2)CCOC1. The summed E-state index contributed by atoms with van der Waals surface area (Å²) in [6.45, 7) is 6.83. The minimum atomic E-state index is 0.272. The molecule has 102 valence electrons. The highest BCUT2D eigenvalue weighted by Gasteiger charge is 2.35. The summed E-state index contributed by atoms with van der Waals surface area (Å²) in [5, 5.41) is 6.60. The third-order valence-corrected chi connectivity index (χ3v) is 4.26. The molecule has 1 saturated heterocycles. The molecule has 1 aromatic heterocycles. The number of nitrogens with one attached hydrogen (secondary N) is 1. The smallest absolute Gasteiger partial charge is 0.0897 e. The van der Waals surface area contributed by atoms with Crippen molar-refractivity contribution in [3.63, 3.8) is 0 Å². The Hall–Kier alpha value is -0.490. The summed E-state index contributed by atoms with van der Waals surface area (Å²) in [5.41, 5.74) is 1.45. The second-order valence-electron chi connectivity index (χ2n) is 5.36. The largest absolute Gasteiger partial charge is 0.381 e. The van der Waals surface area contributed by atoms with Gasteiger partial charge in [-0.2, -0.15) is 0 Å². The molecule has 4 nitrogen and oxygen atoms in total. The molecule has 0 aliphatic carbocycles. The van der Waals surface area contributed by atoms with E-state index in [1.165, 1.54) is 5.69 Å². The van der Waals surface area contributed by atoms with E-state index >= 15 is 0 Å². The fourth-order valence-electron chi connectivity index (χ4n) is 2.73. The Labute approximate surface area is 113 Å². The summed E-state index contributed by atoms with van der Waals surface area (Å²) in [6.07, 6.45) is 1.15. The molecular weight excluding hydrogens is 246 g/mol. The number of thiazole rings is 1. The van der Waals surface area contributed by atoms with Crippen LogP contribution in [0.5, 0.6) is 0 Å². The maximum atomic E-state index is 5.59. The number of hydrogen-bond donors (Lipinski definition) is 1. The molecule has 2 rings (SSSR count). The van der Waals surface area contributed by atoms with Crippen LogP contribution in [0.3, 0.4) is 0 Å². The van der Waals surface area contributed by atoms with Crippen molar-refractivity contribution in [2.75, 3.05) is 40.4 Å². The van der Waals surface area contributed by atoms with E-state index in [-0.39, 0.29) is 5.41 Å². The molecule has 0 aromatic carbocycles. The Kier molecular flexibility index (Phi) is 4.72. The lowest BCUT2D eigenvalue weighted by atomic mass is 9.86. The lowest BCUT2D eigenvalue weighted by Gasteiger charge is -2.31. The second kappa shape index (κ2) is 6.10. The van der Waals surface area contributed by atoms with Crippen LogP contribution in [0.25, 0.3) is 0 Å². The van der Waals surface area contributed by atoms with Crippen LogP contribution < -0.4 is 5.32 Å². The molecule has 0 radical (unpaired) electrons. The molecule has 0 bridgehead atoms. The standard InChI is InChI=1S/C13H23N3OS/c1-11-15-12(7-18-11)6-16(3)9-13(8-14-2)4-5-17-10-13/h7,14H,4-6,8-10H2,1-3H3. The van der Waals surface area contributed by atoms with Crippen LogP contribution >= 0.6 is 11.3 Å². The van der Waals surface area contributed by atoms with Gasteiger partial charge in [-0.15, -0.1) is 11.3 Å². The van der Waals surface area contributed by atoms with E-state index in [0.717, 1.165) is 44.3 Å². The molecule has 0 spiro atoms. The molecule has 0 saturated carbocycles. The molecule has 1 fully saturated rings. The normalized spacial score (nSPS) is 24.0. The first-order chi connectivity index (χ1) is 8.63. The Balaban J connectivity index is 1.90. The van der Waals surface area contributed by atoms with Gasteiger partial charge in [0.05, 0.1) is 17.3 Å². The molecular formula is C13H23N3OS. The first-order valence-corrected chi connectivity index (χ1v) is 7.33. The fraction of sp³-hybridized carbons (Fsp3) is 0.769. The van der Waals surface area contributed by atoms with Gasteiger partial charge in [0.25, 0.3) is 0 Å². The maximum absolute atomic E-state index is 5.59. The zero-order chi connectivity index (χ0) is 13.0. The quantitative estimate of drug-likeness (QED) is 0.849. The molecule has 0 amide bonds. The highest BCUT2D eigenvalue weighted by Crippen LogP contribution is 2.29. The maximum Gasteiger partial charge on any atom is 0.0897 e. The van der Waals surface area contributed by atoms with E-state index in [9.17, 15) is 0 Å². The van der Waals surface area contributed by atoms with Crippen molar-refractivity contribution < 1.29 is 4.74 Å². The van der Waals surface area contributed by atoms with Crippen molar-refractivity contribution in [1.29, 1.82) is 0 Å². The van der Waals surface area contributed by atoms with Gasteiger partial charge < -0.3 is 10.1 Å². The van der Waals surface area contributed by atoms with Crippen molar-refractivity contribution in [3.05, 3.63) is 16.1 Å². The molecule has 1 atom stereocenters. The van der Waals surface area contributed by atoms with Gasteiger partial charge in [-0.05, 0) is 27.4 Å². The van der Waals surface area contributed by atoms with Crippen LogP contribution in [0.2, 0.25) is 0 Å². The molecule has 1 aromatic rings. The fourth-order valence-corrected chi connectivity index (χ4v) is 3.33. The molecule has 18 heavy (non-hydrogen) atoms. The average molecular weight is 269 g/mol. The van der Waals surface area contributed by atoms with Crippen molar-refractivity contribution in [2.24, 2.45) is 5.41 Å². The lowest BCUT2D eigenvalue weighted by molar-refractivity contribution is 0.117. The first-order valence-electron chi connectivity index (χ1n) is 6.45. The van der Waals surface area contributed by atoms with E-state index in [1.54, 1.807) is 11.3 Å². The van der Waals surface area contributed by atoms with Crippen molar-refractivity contribution in [3.8, 4) is 0 Å². The summed E-state index contributed by atoms with van der Waals surface area (Å²) < 4.78 is 5.59. The van der Waals surface area contributed by atoms with Crippen LogP contribution in [0, 0.1) is 12.3 Å². The van der Waals surface area contributed by atoms with Crippen molar-refractivity contribution in [1.82, 2.24) is 15.2 Å². The number of aromatic nitrogens is 1. The van der Waals surface area contributed by atoms with Gasteiger partial charge in [-0.1, -0.05) is 0 Å². The monoisotopic (exact) mass is 269 g/mol. The van der Waals surface area contributed by atoms with E-state index in [2.05, 4.69) is 34.6 Å². The van der Waals surface area contributed by atoms with E-state index < -0.39 is 0 Å². The van der Waals surface area contributed by atoms with E-state index in [4.69, 9.17) is 4.74 Å². The van der Waals surface area contributed by atoms with Crippen LogP contribution in [0.4, 0.5) is 0 Å². The summed E-state index contributed by atoms with van der Waals surface area (Å²) in [7, 11) is 4.19. The molecule has 1 aliphatic rings. The lowest BCUT2D eigenvalue weighted by Crippen LogP contribution is -2.42. The number of hydrogen-bond acceptors (Lipinski definition) is 5. The Bertz CT molecular complexity index is 374. The topological polar surface area (TPSA) is 37.4 Å². The highest BCUT2D eigenvalue weighted by atomic mass is 32.1. The van der Waals surface area contributed by atoms with Gasteiger partial charge in [0.15, 0.2) is 0 Å². The van der Waals surface area contributed by atoms with Crippen LogP contribution in [-0.4, -0.2) is 50.3 Å². The molecule has 1 unspecified atom stereocenters. The van der Waals surface area contributed by atoms with Crippen molar-refractivity contribution in [2.45, 2.75) is 19.9 Å². The summed E-state index contributed by atoms with van der Waals surface area (Å²) in [4.78, 5) is 6.89. The number of aryl methyl sites for hydroxylation is 1. The predicted octanol–water partition coefficient (Wildman–Crippen LogP) is 1.51. The number of ether oxygens (including phenoxy) is 1. The Morgan fingerprint density at radius 1 is 1.61 bits per heavy atom. The zero-order valence-corrected chi connectivity index (χ0v) is 12.3.